The molecule has 8 nitrogen and oxygen atoms in total. The number of imide groups is 1. The molecule has 3 unspecified atom stereocenters. The Morgan fingerprint density at radius 1 is 1.14 bits per heavy atom. The first kappa shape index (κ1) is 19.8. The van der Waals surface area contributed by atoms with Crippen molar-refractivity contribution in [1.82, 2.24) is 24.7 Å². The van der Waals surface area contributed by atoms with Gasteiger partial charge in [-0.05, 0) is 51.3 Å². The first-order valence-corrected chi connectivity index (χ1v) is 10.5. The standard InChI is InChI=1S/C21H29N5O3/c1-3-19(24-13-7-6-10-17(24)22-2)26-15-9-5-4-8-14(15)25(21(26)29)16-11-12-18(27)23-20(16)28/h4-5,8-9,16-17,19,22H,3,6-7,10-13H2,1-2H3,(H,23,27,28). The molecule has 0 aliphatic carbocycles. The monoisotopic (exact) mass is 399 g/mol. The summed E-state index contributed by atoms with van der Waals surface area (Å²) in [5.74, 6) is -0.676. The maximum absolute atomic E-state index is 13.7. The number of benzene rings is 1. The van der Waals surface area contributed by atoms with E-state index in [0.29, 0.717) is 6.42 Å². The second kappa shape index (κ2) is 8.12. The van der Waals surface area contributed by atoms with E-state index in [4.69, 9.17) is 0 Å². The number of hydrogen-bond donors (Lipinski definition) is 2. The van der Waals surface area contributed by atoms with Gasteiger partial charge in [0.1, 0.15) is 6.04 Å². The van der Waals surface area contributed by atoms with E-state index in [1.54, 1.807) is 4.57 Å². The number of piperidine rings is 2. The average Bonchev–Trinajstić information content (AvgIpc) is 3.01. The van der Waals surface area contributed by atoms with E-state index in [1.165, 1.54) is 6.42 Å². The molecule has 2 amide bonds. The number of aromatic nitrogens is 2. The molecule has 1 aromatic carbocycles. The smallest absolute Gasteiger partial charge is 0.305 e. The molecule has 0 saturated carbocycles. The third kappa shape index (κ3) is 3.40. The summed E-state index contributed by atoms with van der Waals surface area (Å²) in [5, 5.41) is 5.77. The summed E-state index contributed by atoms with van der Waals surface area (Å²) in [6, 6.07) is 6.97. The predicted octanol–water partition coefficient (Wildman–Crippen LogP) is 1.72. The minimum absolute atomic E-state index is 0.0975. The van der Waals surface area contributed by atoms with E-state index in [-0.39, 0.29) is 30.3 Å². The molecule has 2 aliphatic heterocycles. The van der Waals surface area contributed by atoms with Crippen molar-refractivity contribution in [2.24, 2.45) is 0 Å². The van der Waals surface area contributed by atoms with Gasteiger partial charge in [0.05, 0.1) is 23.4 Å². The molecule has 0 radical (unpaired) electrons. The van der Waals surface area contributed by atoms with Crippen molar-refractivity contribution in [2.75, 3.05) is 13.6 Å². The number of fused-ring (bicyclic) bond motifs is 1. The number of amides is 2. The molecule has 29 heavy (non-hydrogen) atoms. The Bertz CT molecular complexity index is 978. The first-order valence-electron chi connectivity index (χ1n) is 10.5. The molecule has 4 rings (SSSR count). The summed E-state index contributed by atoms with van der Waals surface area (Å²) >= 11 is 0. The van der Waals surface area contributed by atoms with Crippen LogP contribution in [0, 0.1) is 0 Å². The molecule has 2 saturated heterocycles. The SMILES string of the molecule is CCC(N1CCCCC1NC)n1c(=O)n(C2CCC(=O)NC2=O)c2ccccc21. The Labute approximate surface area is 169 Å². The Morgan fingerprint density at radius 3 is 2.59 bits per heavy atom. The number of carbonyl (C=O) groups is 2. The number of hydrogen-bond acceptors (Lipinski definition) is 5. The van der Waals surface area contributed by atoms with Gasteiger partial charge in [0.15, 0.2) is 0 Å². The number of carbonyl (C=O) groups excluding carboxylic acids is 2. The maximum Gasteiger partial charge on any atom is 0.331 e. The van der Waals surface area contributed by atoms with Crippen molar-refractivity contribution in [2.45, 2.75) is 63.8 Å². The summed E-state index contributed by atoms with van der Waals surface area (Å²) in [4.78, 5) is 40.2. The maximum atomic E-state index is 13.7. The number of nitrogens with one attached hydrogen (secondary N) is 2. The van der Waals surface area contributed by atoms with Crippen LogP contribution in [0.3, 0.4) is 0 Å². The average molecular weight is 399 g/mol. The topological polar surface area (TPSA) is 88.4 Å². The highest BCUT2D eigenvalue weighted by atomic mass is 16.2. The van der Waals surface area contributed by atoms with Gasteiger partial charge in [0.2, 0.25) is 11.8 Å². The molecule has 156 valence electrons. The van der Waals surface area contributed by atoms with E-state index >= 15 is 0 Å². The number of para-hydroxylation sites is 2. The number of rotatable bonds is 5. The fourth-order valence-electron chi connectivity index (χ4n) is 4.90. The lowest BCUT2D eigenvalue weighted by atomic mass is 10.1. The lowest BCUT2D eigenvalue weighted by molar-refractivity contribution is -0.135. The van der Waals surface area contributed by atoms with Gasteiger partial charge in [-0.2, -0.15) is 0 Å². The van der Waals surface area contributed by atoms with Gasteiger partial charge < -0.3 is 5.32 Å². The Kier molecular flexibility index (Phi) is 5.56. The zero-order valence-corrected chi connectivity index (χ0v) is 17.1. The first-order chi connectivity index (χ1) is 14.1. The predicted molar refractivity (Wildman–Crippen MR) is 110 cm³/mol. The highest BCUT2D eigenvalue weighted by Crippen LogP contribution is 2.30. The molecule has 3 heterocycles. The molecule has 1 aromatic heterocycles. The molecular weight excluding hydrogens is 370 g/mol. The van der Waals surface area contributed by atoms with Crippen molar-refractivity contribution < 1.29 is 9.59 Å². The van der Waals surface area contributed by atoms with Gasteiger partial charge >= 0.3 is 5.69 Å². The van der Waals surface area contributed by atoms with Crippen molar-refractivity contribution in [3.05, 3.63) is 34.7 Å². The Morgan fingerprint density at radius 2 is 1.90 bits per heavy atom. The van der Waals surface area contributed by atoms with E-state index in [2.05, 4.69) is 22.5 Å². The fourth-order valence-corrected chi connectivity index (χ4v) is 4.90. The third-order valence-corrected chi connectivity index (χ3v) is 6.26. The second-order valence-electron chi connectivity index (χ2n) is 7.91. The van der Waals surface area contributed by atoms with Crippen LogP contribution in [0.4, 0.5) is 0 Å². The molecule has 8 heteroatoms. The van der Waals surface area contributed by atoms with Gasteiger partial charge in [0.25, 0.3) is 0 Å². The van der Waals surface area contributed by atoms with E-state index in [9.17, 15) is 14.4 Å². The third-order valence-electron chi connectivity index (χ3n) is 6.26. The molecule has 2 aromatic rings. The molecule has 2 N–H and O–H groups in total. The lowest BCUT2D eigenvalue weighted by Crippen LogP contribution is -2.52. The van der Waals surface area contributed by atoms with E-state index in [1.807, 2.05) is 35.9 Å². The second-order valence-corrected chi connectivity index (χ2v) is 7.91. The Balaban J connectivity index is 1.85. The summed E-state index contributed by atoms with van der Waals surface area (Å²) < 4.78 is 3.42. The summed E-state index contributed by atoms with van der Waals surface area (Å²) in [6.07, 6.45) is 4.82. The molecular formula is C21H29N5O3. The molecule has 0 bridgehead atoms. The normalized spacial score (nSPS) is 24.6. The van der Waals surface area contributed by atoms with Crippen LogP contribution in [0.15, 0.2) is 29.1 Å². The van der Waals surface area contributed by atoms with Gasteiger partial charge in [0, 0.05) is 13.0 Å². The minimum Gasteiger partial charge on any atom is -0.305 e. The van der Waals surface area contributed by atoms with Crippen LogP contribution in [-0.2, 0) is 9.59 Å². The number of nitrogens with zero attached hydrogens (tertiary/aromatic N) is 3. The molecule has 0 spiro atoms. The van der Waals surface area contributed by atoms with Crippen LogP contribution in [0.2, 0.25) is 0 Å². The van der Waals surface area contributed by atoms with Crippen molar-refractivity contribution in [3.63, 3.8) is 0 Å². The molecule has 2 fully saturated rings. The van der Waals surface area contributed by atoms with Crippen LogP contribution in [0.1, 0.15) is 57.7 Å². The summed E-state index contributed by atoms with van der Waals surface area (Å²) in [6.45, 7) is 3.02. The largest absolute Gasteiger partial charge is 0.331 e. The molecule has 3 atom stereocenters. The van der Waals surface area contributed by atoms with Crippen LogP contribution in [0.25, 0.3) is 11.0 Å². The van der Waals surface area contributed by atoms with Crippen LogP contribution < -0.4 is 16.3 Å². The van der Waals surface area contributed by atoms with Gasteiger partial charge in [-0.3, -0.25) is 28.9 Å². The summed E-state index contributed by atoms with van der Waals surface area (Å²) in [7, 11) is 1.96. The van der Waals surface area contributed by atoms with Crippen molar-refractivity contribution in [3.8, 4) is 0 Å². The lowest BCUT2D eigenvalue weighted by Gasteiger charge is -2.41. The van der Waals surface area contributed by atoms with Crippen LogP contribution in [0.5, 0.6) is 0 Å². The van der Waals surface area contributed by atoms with E-state index < -0.39 is 11.9 Å². The highest BCUT2D eigenvalue weighted by Gasteiger charge is 2.35. The van der Waals surface area contributed by atoms with Crippen LogP contribution in [-0.4, -0.2) is 45.6 Å². The highest BCUT2D eigenvalue weighted by molar-refractivity contribution is 6.00. The number of imidazole rings is 1. The van der Waals surface area contributed by atoms with Crippen molar-refractivity contribution >= 4 is 22.8 Å². The fraction of sp³-hybridized carbons (Fsp3) is 0.571. The van der Waals surface area contributed by atoms with Crippen LogP contribution >= 0.6 is 0 Å². The number of likely N-dealkylation sites (tertiary alicyclic amines) is 1. The quantitative estimate of drug-likeness (QED) is 0.748. The van der Waals surface area contributed by atoms with Gasteiger partial charge in [-0.15, -0.1) is 0 Å². The van der Waals surface area contributed by atoms with E-state index in [0.717, 1.165) is 36.8 Å². The molecule has 2 aliphatic rings. The zero-order chi connectivity index (χ0) is 20.5. The van der Waals surface area contributed by atoms with Gasteiger partial charge in [-0.25, -0.2) is 4.79 Å². The Hall–Kier alpha value is -2.45. The minimum atomic E-state index is -0.662. The zero-order valence-electron chi connectivity index (χ0n) is 17.1. The van der Waals surface area contributed by atoms with Crippen molar-refractivity contribution in [1.29, 1.82) is 0 Å². The van der Waals surface area contributed by atoms with Gasteiger partial charge in [-0.1, -0.05) is 19.1 Å². The summed E-state index contributed by atoms with van der Waals surface area (Å²) in [5.41, 5.74) is 1.38.